The van der Waals surface area contributed by atoms with Gasteiger partial charge in [-0.1, -0.05) is 25.4 Å². The van der Waals surface area contributed by atoms with E-state index < -0.39 is 10.0 Å². The molecule has 124 valence electrons. The standard InChI is InChI=1S/C16H19ClN2O3S/c1-4-22-15-7-6-13(9-14(15)11(2)3)23(20,21)19-16-8-5-12(17)10-18-16/h5-11H,4H2,1-3H3,(H,18,19). The number of aromatic nitrogens is 1. The van der Waals surface area contributed by atoms with E-state index in [2.05, 4.69) is 9.71 Å². The van der Waals surface area contributed by atoms with E-state index in [1.807, 2.05) is 20.8 Å². The van der Waals surface area contributed by atoms with Crippen LogP contribution < -0.4 is 9.46 Å². The second-order valence-corrected chi connectivity index (χ2v) is 7.37. The summed E-state index contributed by atoms with van der Waals surface area (Å²) in [5.74, 6) is 1.06. The minimum atomic E-state index is -3.73. The fourth-order valence-electron chi connectivity index (χ4n) is 2.06. The van der Waals surface area contributed by atoms with Crippen LogP contribution in [0.25, 0.3) is 0 Å². The number of nitrogens with zero attached hydrogens (tertiary/aromatic N) is 1. The average molecular weight is 355 g/mol. The van der Waals surface area contributed by atoms with Crippen molar-refractivity contribution < 1.29 is 13.2 Å². The number of pyridine rings is 1. The second-order valence-electron chi connectivity index (χ2n) is 5.25. The van der Waals surface area contributed by atoms with E-state index >= 15 is 0 Å². The third-order valence-corrected chi connectivity index (χ3v) is 4.76. The lowest BCUT2D eigenvalue weighted by atomic mass is 10.0. The molecule has 0 aliphatic carbocycles. The maximum absolute atomic E-state index is 12.5. The predicted molar refractivity (Wildman–Crippen MR) is 91.8 cm³/mol. The van der Waals surface area contributed by atoms with Gasteiger partial charge in [0.15, 0.2) is 0 Å². The Balaban J connectivity index is 2.35. The van der Waals surface area contributed by atoms with E-state index in [0.29, 0.717) is 17.4 Å². The molecule has 0 saturated carbocycles. The molecule has 1 aromatic heterocycles. The molecule has 5 nitrogen and oxygen atoms in total. The molecule has 0 aliphatic heterocycles. The fourth-order valence-corrected chi connectivity index (χ4v) is 3.22. The smallest absolute Gasteiger partial charge is 0.263 e. The third-order valence-electron chi connectivity index (χ3n) is 3.18. The Kier molecular flexibility index (Phi) is 5.49. The van der Waals surface area contributed by atoms with Gasteiger partial charge in [-0.15, -0.1) is 0 Å². The van der Waals surface area contributed by atoms with Gasteiger partial charge in [-0.2, -0.15) is 0 Å². The van der Waals surface area contributed by atoms with Crippen molar-refractivity contribution in [2.24, 2.45) is 0 Å². The van der Waals surface area contributed by atoms with Gasteiger partial charge in [0.2, 0.25) is 0 Å². The summed E-state index contributed by atoms with van der Waals surface area (Å²) in [7, 11) is -3.73. The van der Waals surface area contributed by atoms with Gasteiger partial charge < -0.3 is 4.74 Å². The minimum absolute atomic E-state index is 0.139. The Labute approximate surface area is 141 Å². The zero-order valence-electron chi connectivity index (χ0n) is 13.2. The molecule has 0 unspecified atom stereocenters. The molecular formula is C16H19ClN2O3S. The van der Waals surface area contributed by atoms with Crippen molar-refractivity contribution >= 4 is 27.4 Å². The molecule has 0 fully saturated rings. The summed E-state index contributed by atoms with van der Waals surface area (Å²) >= 11 is 5.75. The maximum Gasteiger partial charge on any atom is 0.263 e. The Morgan fingerprint density at radius 3 is 2.57 bits per heavy atom. The van der Waals surface area contributed by atoms with Crippen molar-refractivity contribution in [1.29, 1.82) is 0 Å². The van der Waals surface area contributed by atoms with E-state index in [1.165, 1.54) is 18.3 Å². The van der Waals surface area contributed by atoms with Gasteiger partial charge in [-0.3, -0.25) is 4.72 Å². The number of rotatable bonds is 6. The van der Waals surface area contributed by atoms with Gasteiger partial charge in [0.25, 0.3) is 10.0 Å². The zero-order valence-corrected chi connectivity index (χ0v) is 14.8. The van der Waals surface area contributed by atoms with Crippen LogP contribution >= 0.6 is 11.6 Å². The van der Waals surface area contributed by atoms with Crippen molar-refractivity contribution in [3.63, 3.8) is 0 Å². The first-order chi connectivity index (χ1) is 10.8. The van der Waals surface area contributed by atoms with Gasteiger partial charge in [0.1, 0.15) is 11.6 Å². The van der Waals surface area contributed by atoms with E-state index in [9.17, 15) is 8.42 Å². The highest BCUT2D eigenvalue weighted by atomic mass is 35.5. The van der Waals surface area contributed by atoms with Crippen LogP contribution in [0.4, 0.5) is 5.82 Å². The minimum Gasteiger partial charge on any atom is -0.494 e. The Bertz CT molecular complexity index is 774. The maximum atomic E-state index is 12.5. The summed E-state index contributed by atoms with van der Waals surface area (Å²) in [4.78, 5) is 4.11. The molecule has 0 aliphatic rings. The largest absolute Gasteiger partial charge is 0.494 e. The van der Waals surface area contributed by atoms with Crippen LogP contribution in [0.5, 0.6) is 5.75 Å². The van der Waals surface area contributed by atoms with Crippen molar-refractivity contribution in [1.82, 2.24) is 4.98 Å². The van der Waals surface area contributed by atoms with Gasteiger partial charge >= 0.3 is 0 Å². The molecule has 1 N–H and O–H groups in total. The molecule has 0 radical (unpaired) electrons. The number of hydrogen-bond acceptors (Lipinski definition) is 4. The topological polar surface area (TPSA) is 68.3 Å². The summed E-state index contributed by atoms with van der Waals surface area (Å²) in [6.45, 7) is 6.39. The molecule has 0 atom stereocenters. The van der Waals surface area contributed by atoms with Crippen LogP contribution in [-0.4, -0.2) is 20.0 Å². The lowest BCUT2D eigenvalue weighted by Gasteiger charge is -2.15. The van der Waals surface area contributed by atoms with Gasteiger partial charge in [-0.05, 0) is 48.7 Å². The van der Waals surface area contributed by atoms with E-state index in [0.717, 1.165) is 5.56 Å². The number of benzene rings is 1. The number of nitrogens with one attached hydrogen (secondary N) is 1. The lowest BCUT2D eigenvalue weighted by Crippen LogP contribution is -2.14. The van der Waals surface area contributed by atoms with Gasteiger partial charge in [-0.25, -0.2) is 13.4 Å². The van der Waals surface area contributed by atoms with Crippen molar-refractivity contribution in [3.05, 3.63) is 47.1 Å². The molecule has 7 heteroatoms. The number of sulfonamides is 1. The third kappa shape index (κ3) is 4.36. The summed E-state index contributed by atoms with van der Waals surface area (Å²) in [6, 6.07) is 7.92. The molecule has 1 aromatic carbocycles. The first kappa shape index (κ1) is 17.6. The van der Waals surface area contributed by atoms with Crippen LogP contribution in [-0.2, 0) is 10.0 Å². The molecule has 0 saturated heterocycles. The van der Waals surface area contributed by atoms with Gasteiger partial charge in [0.05, 0.1) is 16.5 Å². The van der Waals surface area contributed by atoms with Crippen LogP contribution in [0.3, 0.4) is 0 Å². The quantitative estimate of drug-likeness (QED) is 0.849. The summed E-state index contributed by atoms with van der Waals surface area (Å²) in [5.41, 5.74) is 0.846. The molecule has 2 aromatic rings. The number of ether oxygens (including phenoxy) is 1. The highest BCUT2D eigenvalue weighted by molar-refractivity contribution is 7.92. The molecule has 0 bridgehead atoms. The highest BCUT2D eigenvalue weighted by Gasteiger charge is 2.18. The molecular weight excluding hydrogens is 336 g/mol. The van der Waals surface area contributed by atoms with Gasteiger partial charge in [0, 0.05) is 6.20 Å². The predicted octanol–water partition coefficient (Wildman–Crippen LogP) is 4.06. The Morgan fingerprint density at radius 2 is 2.00 bits per heavy atom. The van der Waals surface area contributed by atoms with E-state index in [4.69, 9.17) is 16.3 Å². The number of anilines is 1. The number of halogens is 1. The first-order valence-corrected chi connectivity index (χ1v) is 9.10. The van der Waals surface area contributed by atoms with Crippen LogP contribution in [0, 0.1) is 0 Å². The molecule has 0 spiro atoms. The van der Waals surface area contributed by atoms with Crippen molar-refractivity contribution in [3.8, 4) is 5.75 Å². The summed E-state index contributed by atoms with van der Waals surface area (Å²) in [5, 5.41) is 0.441. The monoisotopic (exact) mass is 354 g/mol. The van der Waals surface area contributed by atoms with E-state index in [1.54, 1.807) is 18.2 Å². The first-order valence-electron chi connectivity index (χ1n) is 7.24. The average Bonchev–Trinajstić information content (AvgIpc) is 2.49. The van der Waals surface area contributed by atoms with Crippen LogP contribution in [0.15, 0.2) is 41.4 Å². The molecule has 2 rings (SSSR count). The molecule has 0 amide bonds. The second kappa shape index (κ2) is 7.19. The summed E-state index contributed by atoms with van der Waals surface area (Å²) < 4.78 is 33.0. The van der Waals surface area contributed by atoms with Crippen LogP contribution in [0.1, 0.15) is 32.3 Å². The highest BCUT2D eigenvalue weighted by Crippen LogP contribution is 2.29. The zero-order chi connectivity index (χ0) is 17.0. The van der Waals surface area contributed by atoms with Crippen LogP contribution in [0.2, 0.25) is 5.02 Å². The SMILES string of the molecule is CCOc1ccc(S(=O)(=O)Nc2ccc(Cl)cn2)cc1C(C)C. The lowest BCUT2D eigenvalue weighted by molar-refractivity contribution is 0.335. The Hall–Kier alpha value is -1.79. The Morgan fingerprint density at radius 1 is 1.26 bits per heavy atom. The van der Waals surface area contributed by atoms with Crippen molar-refractivity contribution in [2.45, 2.75) is 31.6 Å². The van der Waals surface area contributed by atoms with Crippen molar-refractivity contribution in [2.75, 3.05) is 11.3 Å². The molecule has 1 heterocycles. The van der Waals surface area contributed by atoms with E-state index in [-0.39, 0.29) is 16.6 Å². The normalized spacial score (nSPS) is 11.5. The number of hydrogen-bond donors (Lipinski definition) is 1. The molecule has 23 heavy (non-hydrogen) atoms. The fraction of sp³-hybridized carbons (Fsp3) is 0.312. The summed E-state index contributed by atoms with van der Waals surface area (Å²) in [6.07, 6.45) is 1.39.